The van der Waals surface area contributed by atoms with Crippen molar-refractivity contribution in [2.45, 2.75) is 45.4 Å². The predicted octanol–water partition coefficient (Wildman–Crippen LogP) is 3.76. The number of H-pyrrole nitrogens is 1. The molecule has 0 bridgehead atoms. The number of carbonyl (C=O) groups is 1. The van der Waals surface area contributed by atoms with Gasteiger partial charge in [-0.05, 0) is 48.7 Å². The number of fused-ring (bicyclic) bond motifs is 3. The quantitative estimate of drug-likeness (QED) is 0.514. The Morgan fingerprint density at radius 3 is 2.73 bits per heavy atom. The SMILES string of the molecule is CCCSc1n[n+]2c(c(=O)[nH]1)-c1ccccc1N(C(C)=O)[C@H]2c1cc(C)ccc1C. The van der Waals surface area contributed by atoms with Crippen LogP contribution in [0.3, 0.4) is 0 Å². The van der Waals surface area contributed by atoms with Gasteiger partial charge in [0.15, 0.2) is 0 Å². The molecule has 1 atom stereocenters. The van der Waals surface area contributed by atoms with Gasteiger partial charge < -0.3 is 0 Å². The zero-order valence-electron chi connectivity index (χ0n) is 17.6. The van der Waals surface area contributed by atoms with Crippen molar-refractivity contribution in [3.05, 3.63) is 69.5 Å². The third kappa shape index (κ3) is 3.43. The van der Waals surface area contributed by atoms with Crippen LogP contribution in [0.2, 0.25) is 0 Å². The minimum Gasteiger partial charge on any atom is -0.291 e. The Kier molecular flexibility index (Phi) is 5.47. The van der Waals surface area contributed by atoms with E-state index in [1.165, 1.54) is 11.8 Å². The number of aromatic amines is 1. The van der Waals surface area contributed by atoms with Gasteiger partial charge >= 0.3 is 11.3 Å². The molecule has 154 valence electrons. The summed E-state index contributed by atoms with van der Waals surface area (Å²) in [5.41, 5.74) is 4.78. The molecule has 0 fully saturated rings. The summed E-state index contributed by atoms with van der Waals surface area (Å²) in [5.74, 6) is 0.750. The van der Waals surface area contributed by atoms with Crippen molar-refractivity contribution in [2.24, 2.45) is 0 Å². The molecule has 0 spiro atoms. The monoisotopic (exact) mass is 421 g/mol. The molecule has 0 saturated carbocycles. The number of anilines is 1. The summed E-state index contributed by atoms with van der Waals surface area (Å²) in [5, 5.41) is 5.36. The van der Waals surface area contributed by atoms with E-state index < -0.39 is 6.17 Å². The number of amides is 1. The number of nitrogens with one attached hydrogen (secondary N) is 1. The van der Waals surface area contributed by atoms with Crippen molar-refractivity contribution in [2.75, 3.05) is 10.7 Å². The lowest BCUT2D eigenvalue weighted by molar-refractivity contribution is -0.763. The normalized spacial score (nSPS) is 14.9. The summed E-state index contributed by atoms with van der Waals surface area (Å²) in [6, 6.07) is 13.7. The van der Waals surface area contributed by atoms with E-state index in [2.05, 4.69) is 18.0 Å². The summed E-state index contributed by atoms with van der Waals surface area (Å²) in [6.07, 6.45) is 0.439. The maximum Gasteiger partial charge on any atom is 0.325 e. The van der Waals surface area contributed by atoms with E-state index in [1.807, 2.05) is 50.2 Å². The smallest absolute Gasteiger partial charge is 0.291 e. The number of aromatic nitrogens is 3. The molecule has 0 aliphatic carbocycles. The molecular formula is C23H25N4O2S+. The van der Waals surface area contributed by atoms with E-state index in [0.29, 0.717) is 16.4 Å². The number of hydrogen-bond acceptors (Lipinski definition) is 4. The number of para-hydroxylation sites is 1. The largest absolute Gasteiger partial charge is 0.325 e. The first-order chi connectivity index (χ1) is 14.4. The van der Waals surface area contributed by atoms with Crippen LogP contribution in [0.15, 0.2) is 52.4 Å². The molecule has 30 heavy (non-hydrogen) atoms. The van der Waals surface area contributed by atoms with Crippen molar-refractivity contribution in [3.63, 3.8) is 0 Å². The Morgan fingerprint density at radius 1 is 1.23 bits per heavy atom. The average molecular weight is 422 g/mol. The first kappa shape index (κ1) is 20.3. The van der Waals surface area contributed by atoms with Crippen LogP contribution in [0.4, 0.5) is 5.69 Å². The maximum atomic E-state index is 13.2. The number of aryl methyl sites for hydroxylation is 2. The fourth-order valence-electron chi connectivity index (χ4n) is 3.90. The van der Waals surface area contributed by atoms with Crippen molar-refractivity contribution in [1.29, 1.82) is 0 Å². The highest BCUT2D eigenvalue weighted by atomic mass is 32.2. The second-order valence-electron chi connectivity index (χ2n) is 7.54. The molecule has 7 heteroatoms. The van der Waals surface area contributed by atoms with Crippen LogP contribution in [0.25, 0.3) is 11.3 Å². The molecule has 0 radical (unpaired) electrons. The average Bonchev–Trinajstić information content (AvgIpc) is 2.72. The van der Waals surface area contributed by atoms with Gasteiger partial charge in [0.25, 0.3) is 6.17 Å². The van der Waals surface area contributed by atoms with Gasteiger partial charge in [-0.25, -0.2) is 4.90 Å². The Hall–Kier alpha value is -2.93. The lowest BCUT2D eigenvalue weighted by atomic mass is 9.97. The minimum absolute atomic E-state index is 0.101. The minimum atomic E-state index is -0.532. The zero-order valence-corrected chi connectivity index (χ0v) is 18.4. The van der Waals surface area contributed by atoms with Crippen LogP contribution in [-0.4, -0.2) is 21.7 Å². The highest BCUT2D eigenvalue weighted by molar-refractivity contribution is 7.99. The third-order valence-corrected chi connectivity index (χ3v) is 6.32. The van der Waals surface area contributed by atoms with Crippen LogP contribution >= 0.6 is 11.8 Å². The Labute approximate surface area is 180 Å². The van der Waals surface area contributed by atoms with Gasteiger partial charge in [0.1, 0.15) is 0 Å². The molecule has 1 aromatic heterocycles. The second-order valence-corrected chi connectivity index (χ2v) is 8.62. The lowest BCUT2D eigenvalue weighted by Gasteiger charge is -2.32. The van der Waals surface area contributed by atoms with E-state index in [1.54, 1.807) is 16.5 Å². The molecule has 2 aromatic carbocycles. The van der Waals surface area contributed by atoms with E-state index >= 15 is 0 Å². The number of carbonyl (C=O) groups excluding carboxylic acids is 1. The van der Waals surface area contributed by atoms with Crippen LogP contribution < -0.4 is 15.1 Å². The van der Waals surface area contributed by atoms with Crippen molar-refractivity contribution < 1.29 is 9.48 Å². The molecule has 1 amide bonds. The van der Waals surface area contributed by atoms with Gasteiger partial charge in [0.2, 0.25) is 11.1 Å². The third-order valence-electron chi connectivity index (χ3n) is 5.25. The fraction of sp³-hybridized carbons (Fsp3) is 0.304. The number of thioether (sulfide) groups is 1. The topological polar surface area (TPSA) is 69.9 Å². The van der Waals surface area contributed by atoms with Crippen molar-refractivity contribution in [1.82, 2.24) is 10.1 Å². The van der Waals surface area contributed by atoms with Crippen LogP contribution in [-0.2, 0) is 4.79 Å². The molecule has 2 heterocycles. The summed E-state index contributed by atoms with van der Waals surface area (Å²) in [4.78, 5) is 30.7. The van der Waals surface area contributed by atoms with E-state index in [9.17, 15) is 9.59 Å². The molecule has 0 unspecified atom stereocenters. The highest BCUT2D eigenvalue weighted by Crippen LogP contribution is 2.38. The van der Waals surface area contributed by atoms with Gasteiger partial charge in [-0.2, -0.15) is 0 Å². The molecule has 0 saturated heterocycles. The Bertz CT molecular complexity index is 1190. The maximum absolute atomic E-state index is 13.2. The first-order valence-electron chi connectivity index (χ1n) is 10.1. The number of hydrogen-bond donors (Lipinski definition) is 1. The predicted molar refractivity (Wildman–Crippen MR) is 119 cm³/mol. The zero-order chi connectivity index (χ0) is 21.4. The van der Waals surface area contributed by atoms with Gasteiger partial charge in [-0.1, -0.05) is 48.5 Å². The highest BCUT2D eigenvalue weighted by Gasteiger charge is 2.45. The first-order valence-corrected chi connectivity index (χ1v) is 11.1. The molecular weight excluding hydrogens is 396 g/mol. The van der Waals surface area contributed by atoms with Crippen molar-refractivity contribution >= 4 is 23.4 Å². The molecule has 4 rings (SSSR count). The van der Waals surface area contributed by atoms with Crippen LogP contribution in [0, 0.1) is 13.8 Å². The Balaban J connectivity index is 2.06. The molecule has 1 aliphatic heterocycles. The van der Waals surface area contributed by atoms with Crippen molar-refractivity contribution in [3.8, 4) is 11.3 Å². The van der Waals surface area contributed by atoms with Gasteiger partial charge in [0, 0.05) is 23.3 Å². The van der Waals surface area contributed by atoms with Gasteiger partial charge in [-0.3, -0.25) is 14.6 Å². The van der Waals surface area contributed by atoms with E-state index in [0.717, 1.165) is 34.6 Å². The van der Waals surface area contributed by atoms with E-state index in [4.69, 9.17) is 5.10 Å². The molecule has 1 aliphatic rings. The second kappa shape index (κ2) is 8.07. The van der Waals surface area contributed by atoms with Gasteiger partial charge in [-0.15, -0.1) is 0 Å². The van der Waals surface area contributed by atoms with Crippen LogP contribution in [0.1, 0.15) is 43.1 Å². The standard InChI is InChI=1S/C23H24N4O2S/c1-5-12-30-23-24-21(29)20-17-8-6-7-9-19(17)26(16(4)28)22(27(20)25-23)18-13-14(2)10-11-15(18)3/h6-11,13,22H,5,12H2,1-4H3/p+1/t22-/m1/s1. The molecule has 3 aromatic rings. The summed E-state index contributed by atoms with van der Waals surface area (Å²) >= 11 is 1.51. The number of nitrogens with zero attached hydrogens (tertiary/aromatic N) is 3. The lowest BCUT2D eigenvalue weighted by Crippen LogP contribution is -2.60. The number of rotatable bonds is 4. The van der Waals surface area contributed by atoms with Crippen LogP contribution in [0.5, 0.6) is 0 Å². The fourth-order valence-corrected chi connectivity index (χ4v) is 4.60. The molecule has 1 N–H and O–H groups in total. The summed E-state index contributed by atoms with van der Waals surface area (Å²) < 4.78 is 1.72. The number of benzene rings is 2. The molecule has 6 nitrogen and oxygen atoms in total. The Morgan fingerprint density at radius 2 is 2.00 bits per heavy atom. The van der Waals surface area contributed by atoms with Gasteiger partial charge in [0.05, 0.1) is 11.3 Å². The summed E-state index contributed by atoms with van der Waals surface area (Å²) in [7, 11) is 0. The van der Waals surface area contributed by atoms with E-state index in [-0.39, 0.29) is 11.5 Å². The summed E-state index contributed by atoms with van der Waals surface area (Å²) in [6.45, 7) is 7.69.